The number of alkyl halides is 3. The molecule has 1 amide bonds. The van der Waals surface area contributed by atoms with E-state index in [2.05, 4.69) is 20.3 Å². The zero-order valence-electron chi connectivity index (χ0n) is 19.9. The lowest BCUT2D eigenvalue weighted by molar-refractivity contribution is -0.116. The Balaban J connectivity index is 1.37. The maximum atomic E-state index is 13.9. The van der Waals surface area contributed by atoms with Crippen LogP contribution in [0, 0.1) is 0 Å². The highest BCUT2D eigenvalue weighted by molar-refractivity contribution is 6.34. The number of nitrogens with zero attached hydrogens (tertiary/aromatic N) is 5. The van der Waals surface area contributed by atoms with Crippen molar-refractivity contribution < 1.29 is 18.3 Å². The summed E-state index contributed by atoms with van der Waals surface area (Å²) in [5.41, 5.74) is 1.24. The molecule has 36 heavy (non-hydrogen) atoms. The van der Waals surface area contributed by atoms with Gasteiger partial charge in [-0.2, -0.15) is 0 Å². The summed E-state index contributed by atoms with van der Waals surface area (Å²) in [5.74, 6) is -2.34. The van der Waals surface area contributed by atoms with Crippen LogP contribution in [0.15, 0.2) is 30.7 Å². The molecule has 8 nitrogen and oxygen atoms in total. The quantitative estimate of drug-likeness (QED) is 0.576. The lowest BCUT2D eigenvalue weighted by Gasteiger charge is -2.37. The predicted octanol–water partition coefficient (Wildman–Crippen LogP) is 1.24. The fraction of sp³-hybridized carbons (Fsp3) is 0.520. The van der Waals surface area contributed by atoms with Gasteiger partial charge in [0.2, 0.25) is 11.9 Å². The molecule has 0 saturated carbocycles. The number of piperidine rings is 1. The molecule has 5 rings (SSSR count). The number of carbonyl (C=O) groups is 1. The van der Waals surface area contributed by atoms with Gasteiger partial charge in [-0.3, -0.25) is 14.7 Å². The molecule has 4 heterocycles. The van der Waals surface area contributed by atoms with Crippen LogP contribution in [0.25, 0.3) is 11.6 Å². The smallest absolute Gasteiger partial charge is 0.250 e. The maximum absolute atomic E-state index is 13.9. The van der Waals surface area contributed by atoms with Gasteiger partial charge < -0.3 is 15.0 Å². The first-order valence-corrected chi connectivity index (χ1v) is 12.7. The van der Waals surface area contributed by atoms with Crippen LogP contribution in [0.3, 0.4) is 0 Å². The van der Waals surface area contributed by atoms with E-state index in [-0.39, 0.29) is 44.4 Å². The monoisotopic (exact) mass is 518 g/mol. The summed E-state index contributed by atoms with van der Waals surface area (Å²) < 4.78 is 33.1. The van der Waals surface area contributed by atoms with E-state index in [4.69, 9.17) is 16.3 Å². The van der Waals surface area contributed by atoms with Gasteiger partial charge in [-0.05, 0) is 12.5 Å². The number of hydrogen-bond acceptors (Lipinski definition) is 7. The molecule has 0 aromatic carbocycles. The SMILES string of the molecule is O=C(NCC(c1cnc(N2CCOCC2)nc1)N1CCC(F)(F)CC1)C1=c2cccnc2=CCC1Cl. The van der Waals surface area contributed by atoms with E-state index >= 15 is 0 Å². The number of carbonyl (C=O) groups excluding carboxylic acids is 1. The number of halogens is 3. The Labute approximate surface area is 213 Å². The van der Waals surface area contributed by atoms with Gasteiger partial charge in [0.05, 0.1) is 30.0 Å². The van der Waals surface area contributed by atoms with Crippen LogP contribution in [0.5, 0.6) is 0 Å². The van der Waals surface area contributed by atoms with E-state index in [1.807, 2.05) is 21.9 Å². The van der Waals surface area contributed by atoms with Crippen molar-refractivity contribution in [2.45, 2.75) is 36.6 Å². The van der Waals surface area contributed by atoms with Crippen LogP contribution in [0.1, 0.15) is 30.9 Å². The molecule has 0 radical (unpaired) electrons. The van der Waals surface area contributed by atoms with Gasteiger partial charge >= 0.3 is 0 Å². The van der Waals surface area contributed by atoms with Crippen LogP contribution in [0.2, 0.25) is 0 Å². The first kappa shape index (κ1) is 25.0. The number of amides is 1. The van der Waals surface area contributed by atoms with E-state index < -0.39 is 11.3 Å². The normalized spacial score (nSPS) is 22.9. The third kappa shape index (κ3) is 5.50. The van der Waals surface area contributed by atoms with Gasteiger partial charge in [0.1, 0.15) is 0 Å². The number of anilines is 1. The van der Waals surface area contributed by atoms with Crippen LogP contribution in [-0.4, -0.2) is 83.0 Å². The van der Waals surface area contributed by atoms with Crippen molar-refractivity contribution in [3.8, 4) is 0 Å². The molecule has 3 aliphatic rings. The predicted molar refractivity (Wildman–Crippen MR) is 132 cm³/mol. The Morgan fingerprint density at radius 3 is 2.61 bits per heavy atom. The molecule has 192 valence electrons. The summed E-state index contributed by atoms with van der Waals surface area (Å²) in [6, 6.07) is 3.27. The third-order valence-electron chi connectivity index (χ3n) is 6.97. The zero-order valence-corrected chi connectivity index (χ0v) is 20.6. The average molecular weight is 519 g/mol. The van der Waals surface area contributed by atoms with Gasteiger partial charge in [0.15, 0.2) is 0 Å². The second-order valence-corrected chi connectivity index (χ2v) is 9.82. The van der Waals surface area contributed by atoms with Crippen molar-refractivity contribution in [2.75, 3.05) is 50.8 Å². The topological polar surface area (TPSA) is 83.5 Å². The molecule has 2 aromatic heterocycles. The molecule has 0 bridgehead atoms. The maximum Gasteiger partial charge on any atom is 0.250 e. The minimum absolute atomic E-state index is 0.217. The number of aromatic nitrogens is 3. The molecule has 1 aliphatic carbocycles. The highest BCUT2D eigenvalue weighted by Crippen LogP contribution is 2.32. The van der Waals surface area contributed by atoms with Crippen molar-refractivity contribution in [1.82, 2.24) is 25.2 Å². The zero-order chi connectivity index (χ0) is 25.1. The summed E-state index contributed by atoms with van der Waals surface area (Å²) in [6.45, 7) is 3.33. The number of fused-ring (bicyclic) bond motifs is 1. The largest absolute Gasteiger partial charge is 0.378 e. The Morgan fingerprint density at radius 1 is 1.17 bits per heavy atom. The van der Waals surface area contributed by atoms with E-state index in [0.717, 1.165) is 10.9 Å². The number of ether oxygens (including phenoxy) is 1. The molecule has 1 N–H and O–H groups in total. The van der Waals surface area contributed by atoms with Crippen molar-refractivity contribution in [3.63, 3.8) is 0 Å². The Hall–Kier alpha value is -2.69. The number of pyridine rings is 1. The molecule has 2 saturated heterocycles. The van der Waals surface area contributed by atoms with Gasteiger partial charge in [0, 0.05) is 80.5 Å². The minimum Gasteiger partial charge on any atom is -0.378 e. The fourth-order valence-electron chi connectivity index (χ4n) is 4.91. The summed E-state index contributed by atoms with van der Waals surface area (Å²) >= 11 is 6.52. The second kappa shape index (κ2) is 10.7. The number of hydrogen-bond donors (Lipinski definition) is 1. The van der Waals surface area contributed by atoms with E-state index in [9.17, 15) is 13.6 Å². The van der Waals surface area contributed by atoms with Crippen molar-refractivity contribution >= 4 is 35.1 Å². The first-order valence-electron chi connectivity index (χ1n) is 12.3. The number of nitrogens with one attached hydrogen (secondary N) is 1. The standard InChI is InChI=1S/C25H29ClF2N6O2/c26-19-3-4-20-18(2-1-7-29-20)22(19)23(35)30-16-21(33-8-5-25(27,28)6-9-33)17-14-31-24(32-15-17)34-10-12-36-13-11-34/h1-2,4,7,14-15,19,21H,3,5-6,8-13,16H2,(H,30,35). The lowest BCUT2D eigenvalue weighted by atomic mass is 9.99. The Kier molecular flexibility index (Phi) is 7.45. The summed E-state index contributed by atoms with van der Waals surface area (Å²) in [7, 11) is 0. The fourth-order valence-corrected chi connectivity index (χ4v) is 5.22. The molecule has 11 heteroatoms. The van der Waals surface area contributed by atoms with Gasteiger partial charge in [-0.1, -0.05) is 12.1 Å². The first-order chi connectivity index (χ1) is 17.4. The number of rotatable bonds is 6. The number of morpholine rings is 1. The van der Waals surface area contributed by atoms with Crippen LogP contribution in [-0.2, 0) is 9.53 Å². The molecular weight excluding hydrogens is 490 g/mol. The van der Waals surface area contributed by atoms with Crippen molar-refractivity contribution in [3.05, 3.63) is 46.9 Å². The van der Waals surface area contributed by atoms with Crippen molar-refractivity contribution in [2.24, 2.45) is 0 Å². The second-order valence-electron chi connectivity index (χ2n) is 9.29. The van der Waals surface area contributed by atoms with Gasteiger partial charge in [-0.25, -0.2) is 18.7 Å². The summed E-state index contributed by atoms with van der Waals surface area (Å²) in [5, 5.41) is 3.99. The molecule has 2 fully saturated rings. The van der Waals surface area contributed by atoms with E-state index in [1.54, 1.807) is 24.7 Å². The summed E-state index contributed by atoms with van der Waals surface area (Å²) in [6.07, 6.45) is 7.13. The molecule has 2 aliphatic heterocycles. The molecule has 2 aromatic rings. The number of likely N-dealkylation sites (tertiary alicyclic amines) is 1. The Morgan fingerprint density at radius 2 is 1.89 bits per heavy atom. The van der Waals surface area contributed by atoms with Crippen LogP contribution < -0.4 is 20.8 Å². The summed E-state index contributed by atoms with van der Waals surface area (Å²) in [4.78, 5) is 30.7. The molecule has 2 unspecified atom stereocenters. The minimum atomic E-state index is -2.67. The highest BCUT2D eigenvalue weighted by Gasteiger charge is 2.37. The average Bonchev–Trinajstić information content (AvgIpc) is 2.90. The third-order valence-corrected chi connectivity index (χ3v) is 7.36. The molecule has 0 spiro atoms. The van der Waals surface area contributed by atoms with E-state index in [0.29, 0.717) is 49.5 Å². The molecular formula is C25H29ClF2N6O2. The van der Waals surface area contributed by atoms with Crippen LogP contribution in [0.4, 0.5) is 14.7 Å². The van der Waals surface area contributed by atoms with Gasteiger partial charge in [-0.15, -0.1) is 11.6 Å². The lowest BCUT2D eigenvalue weighted by Crippen LogP contribution is -2.47. The highest BCUT2D eigenvalue weighted by atomic mass is 35.5. The van der Waals surface area contributed by atoms with E-state index in [1.165, 1.54) is 0 Å². The molecule has 2 atom stereocenters. The van der Waals surface area contributed by atoms with Crippen molar-refractivity contribution in [1.29, 1.82) is 0 Å². The van der Waals surface area contributed by atoms with Crippen LogP contribution >= 0.6 is 11.6 Å². The Bertz CT molecular complexity index is 1200. The van der Waals surface area contributed by atoms with Gasteiger partial charge in [0.25, 0.3) is 5.92 Å².